The van der Waals surface area contributed by atoms with E-state index < -0.39 is 6.10 Å². The van der Waals surface area contributed by atoms with E-state index >= 15 is 0 Å². The van der Waals surface area contributed by atoms with Crippen LogP contribution in [0.2, 0.25) is 0 Å². The Hall–Kier alpha value is -0.490. The Kier molecular flexibility index (Phi) is 6.61. The van der Waals surface area contributed by atoms with Gasteiger partial charge in [0.15, 0.2) is 0 Å². The summed E-state index contributed by atoms with van der Waals surface area (Å²) in [6, 6.07) is 13.9. The highest BCUT2D eigenvalue weighted by Crippen LogP contribution is 2.26. The highest BCUT2D eigenvalue weighted by molar-refractivity contribution is 9.10. The summed E-state index contributed by atoms with van der Waals surface area (Å²) >= 11 is 8.52. The molecule has 0 bridgehead atoms. The van der Waals surface area contributed by atoms with Gasteiger partial charge in [-0.05, 0) is 48.0 Å². The first-order valence-corrected chi connectivity index (χ1v) is 9.04. The van der Waals surface area contributed by atoms with Crippen LogP contribution in [-0.2, 0) is 6.42 Å². The van der Waals surface area contributed by atoms with Gasteiger partial charge in [0.25, 0.3) is 0 Å². The minimum Gasteiger partial charge on any atom is -0.496 e. The van der Waals surface area contributed by atoms with E-state index in [0.717, 1.165) is 25.2 Å². The Labute approximate surface area is 146 Å². The van der Waals surface area contributed by atoms with Crippen LogP contribution in [0.15, 0.2) is 56.3 Å². The smallest absolute Gasteiger partial charge is 0.122 e. The second-order valence-electron chi connectivity index (χ2n) is 4.58. The van der Waals surface area contributed by atoms with Gasteiger partial charge >= 0.3 is 0 Å². The zero-order valence-corrected chi connectivity index (χ0v) is 15.5. The van der Waals surface area contributed by atoms with Crippen LogP contribution in [0.4, 0.5) is 0 Å². The molecule has 0 radical (unpaired) electrons. The van der Waals surface area contributed by atoms with E-state index in [0.29, 0.717) is 12.2 Å². The summed E-state index contributed by atoms with van der Waals surface area (Å²) in [6.45, 7) is 0. The maximum Gasteiger partial charge on any atom is 0.122 e. The maximum atomic E-state index is 10.2. The van der Waals surface area contributed by atoms with Crippen LogP contribution in [0.25, 0.3) is 0 Å². The van der Waals surface area contributed by atoms with Crippen molar-refractivity contribution in [3.63, 3.8) is 0 Å². The van der Waals surface area contributed by atoms with Gasteiger partial charge in [-0.2, -0.15) is 0 Å². The van der Waals surface area contributed by atoms with Gasteiger partial charge in [0.1, 0.15) is 5.75 Å². The van der Waals surface area contributed by atoms with Gasteiger partial charge in [-0.15, -0.1) is 11.8 Å². The molecule has 2 aromatic carbocycles. The van der Waals surface area contributed by atoms with E-state index in [1.54, 1.807) is 18.9 Å². The lowest BCUT2D eigenvalue weighted by Gasteiger charge is -2.13. The Morgan fingerprint density at radius 1 is 1.10 bits per heavy atom. The van der Waals surface area contributed by atoms with E-state index in [1.807, 2.05) is 42.5 Å². The Morgan fingerprint density at radius 3 is 2.43 bits per heavy atom. The number of ether oxygens (including phenoxy) is 1. The van der Waals surface area contributed by atoms with Gasteiger partial charge in [0.2, 0.25) is 0 Å². The number of methoxy groups -OCH3 is 1. The fourth-order valence-electron chi connectivity index (χ4n) is 1.94. The van der Waals surface area contributed by atoms with Crippen LogP contribution in [0.5, 0.6) is 5.75 Å². The summed E-state index contributed by atoms with van der Waals surface area (Å²) < 4.78 is 7.39. The molecule has 0 fully saturated rings. The van der Waals surface area contributed by atoms with Gasteiger partial charge in [0.05, 0.1) is 13.2 Å². The maximum absolute atomic E-state index is 10.2. The van der Waals surface area contributed by atoms with Crippen LogP contribution in [0.3, 0.4) is 0 Å². The molecule has 0 heterocycles. The van der Waals surface area contributed by atoms with Crippen LogP contribution >= 0.6 is 43.6 Å². The normalized spacial score (nSPS) is 12.2. The van der Waals surface area contributed by atoms with Gasteiger partial charge in [-0.1, -0.05) is 31.9 Å². The molecule has 1 unspecified atom stereocenters. The molecule has 0 saturated carbocycles. The third kappa shape index (κ3) is 5.33. The first-order valence-electron chi connectivity index (χ1n) is 6.47. The molecule has 0 amide bonds. The number of halogens is 2. The highest BCUT2D eigenvalue weighted by Gasteiger charge is 2.11. The summed E-state index contributed by atoms with van der Waals surface area (Å²) in [5.74, 6) is 1.46. The van der Waals surface area contributed by atoms with Gasteiger partial charge < -0.3 is 9.84 Å². The standard InChI is InChI=1S/C16H16Br2O2S/c1-20-16-7-4-13(18)8-11(16)9-14(19)10-21-15-5-2-12(17)3-6-15/h2-8,14,19H,9-10H2,1H3. The number of thioether (sulfide) groups is 1. The molecule has 21 heavy (non-hydrogen) atoms. The monoisotopic (exact) mass is 430 g/mol. The number of aliphatic hydroxyl groups excluding tert-OH is 1. The molecule has 2 aromatic rings. The molecule has 0 aliphatic rings. The van der Waals surface area contributed by atoms with Crippen molar-refractivity contribution in [2.45, 2.75) is 17.4 Å². The average Bonchev–Trinajstić information content (AvgIpc) is 2.47. The van der Waals surface area contributed by atoms with Crippen molar-refractivity contribution >= 4 is 43.6 Å². The number of rotatable bonds is 6. The van der Waals surface area contributed by atoms with Crippen molar-refractivity contribution in [1.29, 1.82) is 0 Å². The number of hydrogen-bond donors (Lipinski definition) is 1. The summed E-state index contributed by atoms with van der Waals surface area (Å²) in [7, 11) is 1.65. The molecular weight excluding hydrogens is 416 g/mol. The molecule has 0 aromatic heterocycles. The topological polar surface area (TPSA) is 29.5 Å². The van der Waals surface area contributed by atoms with Crippen molar-refractivity contribution < 1.29 is 9.84 Å². The van der Waals surface area contributed by atoms with Crippen molar-refractivity contribution in [3.05, 3.63) is 57.0 Å². The molecule has 1 N–H and O–H groups in total. The van der Waals surface area contributed by atoms with Gasteiger partial charge in [-0.25, -0.2) is 0 Å². The molecule has 2 nitrogen and oxygen atoms in total. The Bertz CT molecular complexity index is 587. The van der Waals surface area contributed by atoms with Crippen molar-refractivity contribution in [3.8, 4) is 5.75 Å². The number of aliphatic hydroxyl groups is 1. The second-order valence-corrected chi connectivity index (χ2v) is 7.50. The van der Waals surface area contributed by atoms with Crippen molar-refractivity contribution in [2.24, 2.45) is 0 Å². The van der Waals surface area contributed by atoms with E-state index in [9.17, 15) is 5.11 Å². The second kappa shape index (κ2) is 8.22. The van der Waals surface area contributed by atoms with Crippen LogP contribution in [-0.4, -0.2) is 24.1 Å². The Morgan fingerprint density at radius 2 is 1.76 bits per heavy atom. The zero-order valence-electron chi connectivity index (χ0n) is 11.6. The fraction of sp³-hybridized carbons (Fsp3) is 0.250. The fourth-order valence-corrected chi connectivity index (χ4v) is 3.45. The molecule has 0 aliphatic carbocycles. The lowest BCUT2D eigenvalue weighted by atomic mass is 10.1. The largest absolute Gasteiger partial charge is 0.496 e. The molecular formula is C16H16Br2O2S. The minimum atomic E-state index is -0.415. The van der Waals surface area contributed by atoms with Crippen LogP contribution in [0, 0.1) is 0 Å². The summed E-state index contributed by atoms with van der Waals surface area (Å²) in [4.78, 5) is 1.15. The number of hydrogen-bond acceptors (Lipinski definition) is 3. The quantitative estimate of drug-likeness (QED) is 0.658. The predicted octanol–water partition coefficient (Wildman–Crippen LogP) is 4.92. The van der Waals surface area contributed by atoms with E-state index in [-0.39, 0.29) is 0 Å². The molecule has 0 aliphatic heterocycles. The molecule has 0 spiro atoms. The lowest BCUT2D eigenvalue weighted by molar-refractivity contribution is 0.198. The van der Waals surface area contributed by atoms with Crippen molar-refractivity contribution in [2.75, 3.05) is 12.9 Å². The van der Waals surface area contributed by atoms with Crippen molar-refractivity contribution in [1.82, 2.24) is 0 Å². The van der Waals surface area contributed by atoms with Gasteiger partial charge in [0, 0.05) is 26.0 Å². The molecule has 112 valence electrons. The highest BCUT2D eigenvalue weighted by atomic mass is 79.9. The number of benzene rings is 2. The molecule has 0 saturated heterocycles. The average molecular weight is 432 g/mol. The first kappa shape index (κ1) is 16.9. The van der Waals surface area contributed by atoms with Crippen LogP contribution < -0.4 is 4.74 Å². The summed E-state index contributed by atoms with van der Waals surface area (Å²) in [5, 5.41) is 10.2. The Balaban J connectivity index is 1.94. The SMILES string of the molecule is COc1ccc(Br)cc1CC(O)CSc1ccc(Br)cc1. The molecule has 2 rings (SSSR count). The van der Waals surface area contributed by atoms with E-state index in [1.165, 1.54) is 0 Å². The first-order chi connectivity index (χ1) is 10.1. The molecule has 1 atom stereocenters. The minimum absolute atomic E-state index is 0.415. The lowest BCUT2D eigenvalue weighted by Crippen LogP contribution is -2.14. The summed E-state index contributed by atoms with van der Waals surface area (Å²) in [6.07, 6.45) is 0.161. The molecule has 5 heteroatoms. The summed E-state index contributed by atoms with van der Waals surface area (Å²) in [5.41, 5.74) is 1.01. The third-order valence-corrected chi connectivity index (χ3v) is 5.13. The van der Waals surface area contributed by atoms with Gasteiger partial charge in [-0.3, -0.25) is 0 Å². The van der Waals surface area contributed by atoms with E-state index in [4.69, 9.17) is 4.74 Å². The predicted molar refractivity (Wildman–Crippen MR) is 95.3 cm³/mol. The zero-order chi connectivity index (χ0) is 15.2. The van der Waals surface area contributed by atoms with E-state index in [2.05, 4.69) is 31.9 Å². The van der Waals surface area contributed by atoms with Crippen LogP contribution in [0.1, 0.15) is 5.56 Å². The third-order valence-electron chi connectivity index (χ3n) is 2.95.